The van der Waals surface area contributed by atoms with E-state index >= 15 is 0 Å². The van der Waals surface area contributed by atoms with Crippen molar-refractivity contribution in [1.82, 2.24) is 9.80 Å². The van der Waals surface area contributed by atoms with Gasteiger partial charge in [-0.1, -0.05) is 30.3 Å². The fourth-order valence-electron chi connectivity index (χ4n) is 3.91. The summed E-state index contributed by atoms with van der Waals surface area (Å²) in [5.74, 6) is 1.13. The van der Waals surface area contributed by atoms with Gasteiger partial charge in [0.2, 0.25) is 0 Å². The molecule has 0 N–H and O–H groups in total. The molecule has 1 aromatic carbocycles. The van der Waals surface area contributed by atoms with Gasteiger partial charge in [0.15, 0.2) is 0 Å². The smallest absolute Gasteiger partial charge is 0.410 e. The van der Waals surface area contributed by atoms with Crippen LogP contribution < -0.4 is 0 Å². The first-order valence-electron chi connectivity index (χ1n) is 8.59. The van der Waals surface area contributed by atoms with Gasteiger partial charge in [-0.3, -0.25) is 4.90 Å². The van der Waals surface area contributed by atoms with E-state index in [9.17, 15) is 4.79 Å². The van der Waals surface area contributed by atoms with Gasteiger partial charge in [0.05, 0.1) is 0 Å². The molecule has 0 radical (unpaired) electrons. The average molecular weight is 316 g/mol. The second-order valence-corrected chi connectivity index (χ2v) is 7.98. The highest BCUT2D eigenvalue weighted by Gasteiger charge is 2.47. The molecule has 4 nitrogen and oxygen atoms in total. The molecule has 2 fully saturated rings. The van der Waals surface area contributed by atoms with Crippen LogP contribution in [0.2, 0.25) is 0 Å². The molecule has 0 aliphatic carbocycles. The third-order valence-electron chi connectivity index (χ3n) is 4.99. The second kappa shape index (κ2) is 6.16. The van der Waals surface area contributed by atoms with Crippen molar-refractivity contribution in [2.45, 2.75) is 45.9 Å². The molecule has 1 unspecified atom stereocenters. The summed E-state index contributed by atoms with van der Waals surface area (Å²) in [6.45, 7) is 11.9. The first-order chi connectivity index (χ1) is 10.8. The Morgan fingerprint density at radius 1 is 1.17 bits per heavy atom. The molecule has 2 aliphatic rings. The molecule has 0 aromatic heterocycles. The summed E-state index contributed by atoms with van der Waals surface area (Å²) in [7, 11) is 0. The SMILES string of the molecule is CC1[C@H]2CN(Cc3ccccc3)C[C@H]2CN1C(=O)OC(C)(C)C. The Kier molecular flexibility index (Phi) is 4.37. The number of amides is 1. The minimum atomic E-state index is -0.423. The number of benzene rings is 1. The molecule has 4 heteroatoms. The van der Waals surface area contributed by atoms with Crippen LogP contribution in [0.15, 0.2) is 30.3 Å². The van der Waals surface area contributed by atoms with Crippen molar-refractivity contribution in [3.8, 4) is 0 Å². The third kappa shape index (κ3) is 3.69. The van der Waals surface area contributed by atoms with Crippen LogP contribution in [0.3, 0.4) is 0 Å². The van der Waals surface area contributed by atoms with Crippen molar-refractivity contribution in [2.75, 3.05) is 19.6 Å². The highest BCUT2D eigenvalue weighted by atomic mass is 16.6. The van der Waals surface area contributed by atoms with Crippen LogP contribution in [0.25, 0.3) is 0 Å². The van der Waals surface area contributed by atoms with Crippen LogP contribution >= 0.6 is 0 Å². The summed E-state index contributed by atoms with van der Waals surface area (Å²) in [5, 5.41) is 0. The van der Waals surface area contributed by atoms with Crippen molar-refractivity contribution in [3.05, 3.63) is 35.9 Å². The summed E-state index contributed by atoms with van der Waals surface area (Å²) >= 11 is 0. The van der Waals surface area contributed by atoms with E-state index in [-0.39, 0.29) is 12.1 Å². The van der Waals surface area contributed by atoms with Crippen molar-refractivity contribution in [1.29, 1.82) is 0 Å². The highest BCUT2D eigenvalue weighted by molar-refractivity contribution is 5.69. The van der Waals surface area contributed by atoms with Crippen LogP contribution in [-0.4, -0.2) is 47.2 Å². The van der Waals surface area contributed by atoms with Gasteiger partial charge in [0, 0.05) is 32.2 Å². The summed E-state index contributed by atoms with van der Waals surface area (Å²) in [6, 6.07) is 10.9. The molecule has 2 saturated heterocycles. The van der Waals surface area contributed by atoms with Gasteiger partial charge in [0.25, 0.3) is 0 Å². The molecular weight excluding hydrogens is 288 g/mol. The van der Waals surface area contributed by atoms with Gasteiger partial charge in [0.1, 0.15) is 5.60 Å². The molecule has 1 amide bonds. The number of carbonyl (C=O) groups is 1. The Morgan fingerprint density at radius 3 is 2.48 bits per heavy atom. The molecule has 0 spiro atoms. The van der Waals surface area contributed by atoms with Crippen LogP contribution in [0.5, 0.6) is 0 Å². The fraction of sp³-hybridized carbons (Fsp3) is 0.632. The maximum Gasteiger partial charge on any atom is 0.410 e. The quantitative estimate of drug-likeness (QED) is 0.838. The van der Waals surface area contributed by atoms with Gasteiger partial charge in [-0.2, -0.15) is 0 Å². The van der Waals surface area contributed by atoms with Gasteiger partial charge in [-0.25, -0.2) is 4.79 Å². The van der Waals surface area contributed by atoms with Crippen molar-refractivity contribution in [2.24, 2.45) is 11.8 Å². The van der Waals surface area contributed by atoms with Gasteiger partial charge < -0.3 is 9.64 Å². The van der Waals surface area contributed by atoms with Crippen molar-refractivity contribution < 1.29 is 9.53 Å². The normalized spacial score (nSPS) is 28.0. The Morgan fingerprint density at radius 2 is 1.87 bits per heavy atom. The molecule has 2 heterocycles. The van der Waals surface area contributed by atoms with E-state index in [4.69, 9.17) is 4.74 Å². The van der Waals surface area contributed by atoms with Crippen molar-refractivity contribution in [3.63, 3.8) is 0 Å². The molecule has 3 atom stereocenters. The minimum absolute atomic E-state index is 0.158. The van der Waals surface area contributed by atoms with E-state index in [0.717, 1.165) is 26.2 Å². The van der Waals surface area contributed by atoms with E-state index in [1.807, 2.05) is 25.7 Å². The first kappa shape index (κ1) is 16.3. The summed E-state index contributed by atoms with van der Waals surface area (Å²) in [5.41, 5.74) is 0.942. The maximum atomic E-state index is 12.4. The van der Waals surface area contributed by atoms with Gasteiger partial charge in [-0.05, 0) is 45.1 Å². The number of likely N-dealkylation sites (tertiary alicyclic amines) is 2. The van der Waals surface area contributed by atoms with Crippen LogP contribution in [0.1, 0.15) is 33.3 Å². The summed E-state index contributed by atoms with van der Waals surface area (Å²) in [4.78, 5) is 16.8. The number of ether oxygens (including phenoxy) is 1. The number of fused-ring (bicyclic) bond motifs is 1. The molecule has 1 aromatic rings. The Bertz CT molecular complexity index is 552. The lowest BCUT2D eigenvalue weighted by molar-refractivity contribution is 0.0207. The zero-order valence-corrected chi connectivity index (χ0v) is 14.7. The van der Waals surface area contributed by atoms with Crippen molar-refractivity contribution >= 4 is 6.09 Å². The van der Waals surface area contributed by atoms with Crippen LogP contribution in [0.4, 0.5) is 4.79 Å². The second-order valence-electron chi connectivity index (χ2n) is 7.98. The Balaban J connectivity index is 1.58. The zero-order chi connectivity index (χ0) is 16.6. The summed E-state index contributed by atoms with van der Waals surface area (Å²) < 4.78 is 5.55. The van der Waals surface area contributed by atoms with E-state index in [1.54, 1.807) is 0 Å². The molecule has 0 saturated carbocycles. The first-order valence-corrected chi connectivity index (χ1v) is 8.59. The number of nitrogens with zero attached hydrogens (tertiary/aromatic N) is 2. The third-order valence-corrected chi connectivity index (χ3v) is 4.99. The molecule has 126 valence electrons. The standard InChI is InChI=1S/C19H28N2O2/c1-14-17-13-20(10-15-8-6-5-7-9-15)11-16(17)12-21(14)18(22)23-19(2,3)4/h5-9,14,16-17H,10-13H2,1-4H3/t14?,16-,17+/m0/s1. The fourth-order valence-corrected chi connectivity index (χ4v) is 3.91. The number of hydrogen-bond donors (Lipinski definition) is 0. The lowest BCUT2D eigenvalue weighted by Gasteiger charge is -2.29. The number of rotatable bonds is 2. The Labute approximate surface area is 139 Å². The largest absolute Gasteiger partial charge is 0.444 e. The monoisotopic (exact) mass is 316 g/mol. The summed E-state index contributed by atoms with van der Waals surface area (Å²) in [6.07, 6.45) is -0.158. The van der Waals surface area contributed by atoms with E-state index < -0.39 is 5.60 Å². The number of carbonyl (C=O) groups excluding carboxylic acids is 1. The van der Waals surface area contributed by atoms with Crippen LogP contribution in [0, 0.1) is 11.8 Å². The topological polar surface area (TPSA) is 32.8 Å². The molecule has 0 bridgehead atoms. The van der Waals surface area contributed by atoms with Gasteiger partial charge >= 0.3 is 6.09 Å². The molecule has 23 heavy (non-hydrogen) atoms. The lowest BCUT2D eigenvalue weighted by Crippen LogP contribution is -2.41. The molecule has 3 rings (SSSR count). The van der Waals surface area contributed by atoms with Crippen LogP contribution in [-0.2, 0) is 11.3 Å². The average Bonchev–Trinajstić information content (AvgIpc) is 2.98. The highest BCUT2D eigenvalue weighted by Crippen LogP contribution is 2.37. The maximum absolute atomic E-state index is 12.4. The van der Waals surface area contributed by atoms with E-state index in [1.165, 1.54) is 5.56 Å². The zero-order valence-electron chi connectivity index (χ0n) is 14.7. The minimum Gasteiger partial charge on any atom is -0.444 e. The molecule has 2 aliphatic heterocycles. The lowest BCUT2D eigenvalue weighted by atomic mass is 9.95. The Hall–Kier alpha value is -1.55. The predicted octanol–water partition coefficient (Wildman–Crippen LogP) is 3.37. The predicted molar refractivity (Wildman–Crippen MR) is 91.1 cm³/mol. The molecular formula is C19H28N2O2. The van der Waals surface area contributed by atoms with E-state index in [2.05, 4.69) is 42.2 Å². The van der Waals surface area contributed by atoms with E-state index in [0.29, 0.717) is 11.8 Å². The van der Waals surface area contributed by atoms with Gasteiger partial charge in [-0.15, -0.1) is 0 Å². The number of hydrogen-bond acceptors (Lipinski definition) is 3.